The molecule has 0 fully saturated rings. The zero-order valence-electron chi connectivity index (χ0n) is 12.8. The zero-order valence-corrected chi connectivity index (χ0v) is 12.8. The third-order valence-electron chi connectivity index (χ3n) is 2.63. The van der Waals surface area contributed by atoms with E-state index in [9.17, 15) is 9.59 Å². The lowest BCUT2D eigenvalue weighted by Gasteiger charge is -2.23. The third-order valence-corrected chi connectivity index (χ3v) is 2.63. The van der Waals surface area contributed by atoms with E-state index in [0.717, 1.165) is 11.1 Å². The van der Waals surface area contributed by atoms with Gasteiger partial charge in [0.2, 0.25) is 0 Å². The van der Waals surface area contributed by atoms with E-state index in [4.69, 9.17) is 4.74 Å². The Kier molecular flexibility index (Phi) is 5.31. The molecule has 0 aromatic heterocycles. The van der Waals surface area contributed by atoms with Crippen molar-refractivity contribution in [1.82, 2.24) is 5.32 Å². The minimum absolute atomic E-state index is 0.0209. The van der Waals surface area contributed by atoms with Crippen LogP contribution in [-0.2, 0) is 9.53 Å². The molecule has 0 bridgehead atoms. The van der Waals surface area contributed by atoms with Gasteiger partial charge in [-0.25, -0.2) is 4.79 Å². The number of ether oxygens (including phenoxy) is 1. The molecule has 0 radical (unpaired) electrons. The van der Waals surface area contributed by atoms with Crippen LogP contribution in [0.4, 0.5) is 4.79 Å². The van der Waals surface area contributed by atoms with E-state index in [2.05, 4.69) is 5.32 Å². The fourth-order valence-electron chi connectivity index (χ4n) is 1.88. The summed E-state index contributed by atoms with van der Waals surface area (Å²) in [5.74, 6) is 0.0209. The molecule has 20 heavy (non-hydrogen) atoms. The number of Topliss-reactive ketones (excluding diaryl/α,β-unsaturated/α-hetero) is 1. The molecule has 0 saturated carbocycles. The van der Waals surface area contributed by atoms with Crippen LogP contribution in [0.15, 0.2) is 24.3 Å². The largest absolute Gasteiger partial charge is 0.444 e. The predicted molar refractivity (Wildman–Crippen MR) is 78.6 cm³/mol. The molecule has 4 nitrogen and oxygen atoms in total. The molecule has 1 aromatic carbocycles. The van der Waals surface area contributed by atoms with Crippen LogP contribution in [0.1, 0.15) is 51.3 Å². The maximum atomic E-state index is 11.9. The Morgan fingerprint density at radius 1 is 1.30 bits per heavy atom. The van der Waals surface area contributed by atoms with E-state index >= 15 is 0 Å². The molecular formula is C16H23NO3. The fraction of sp³-hybridized carbons (Fsp3) is 0.500. The second kappa shape index (κ2) is 6.55. The first kappa shape index (κ1) is 16.2. The summed E-state index contributed by atoms with van der Waals surface area (Å²) < 4.78 is 5.24. The van der Waals surface area contributed by atoms with Gasteiger partial charge in [-0.05, 0) is 40.2 Å². The van der Waals surface area contributed by atoms with Crippen LogP contribution in [0.2, 0.25) is 0 Å². The van der Waals surface area contributed by atoms with E-state index < -0.39 is 11.7 Å². The van der Waals surface area contributed by atoms with Crippen molar-refractivity contribution in [3.05, 3.63) is 35.4 Å². The number of hydrogen-bond donors (Lipinski definition) is 1. The fourth-order valence-corrected chi connectivity index (χ4v) is 1.88. The molecule has 1 rings (SSSR count). The van der Waals surface area contributed by atoms with Gasteiger partial charge in [-0.15, -0.1) is 0 Å². The Morgan fingerprint density at radius 2 is 1.95 bits per heavy atom. The van der Waals surface area contributed by atoms with Gasteiger partial charge in [0.1, 0.15) is 11.4 Å². The highest BCUT2D eigenvalue weighted by Gasteiger charge is 2.21. The van der Waals surface area contributed by atoms with Crippen LogP contribution < -0.4 is 5.32 Å². The maximum absolute atomic E-state index is 11.9. The number of rotatable bonds is 4. The van der Waals surface area contributed by atoms with Crippen LogP contribution >= 0.6 is 0 Å². The molecule has 0 unspecified atom stereocenters. The Hall–Kier alpha value is -1.84. The third kappa shape index (κ3) is 5.87. The van der Waals surface area contributed by atoms with Gasteiger partial charge in [0.25, 0.3) is 0 Å². The van der Waals surface area contributed by atoms with Gasteiger partial charge >= 0.3 is 6.09 Å². The Morgan fingerprint density at radius 3 is 2.45 bits per heavy atom. The molecule has 1 atom stereocenters. The minimum Gasteiger partial charge on any atom is -0.444 e. The average molecular weight is 277 g/mol. The van der Waals surface area contributed by atoms with E-state index in [-0.39, 0.29) is 18.2 Å². The number of carbonyl (C=O) groups excluding carboxylic acids is 2. The first-order chi connectivity index (χ1) is 9.17. The van der Waals surface area contributed by atoms with Crippen molar-refractivity contribution < 1.29 is 14.3 Å². The van der Waals surface area contributed by atoms with Crippen LogP contribution in [0.3, 0.4) is 0 Å². The summed E-state index contributed by atoms with van der Waals surface area (Å²) in [7, 11) is 0. The number of carbonyl (C=O) groups is 2. The van der Waals surface area contributed by atoms with Gasteiger partial charge in [-0.2, -0.15) is 0 Å². The van der Waals surface area contributed by atoms with E-state index in [1.54, 1.807) is 20.8 Å². The second-order valence-corrected chi connectivity index (χ2v) is 6.02. The molecule has 1 aromatic rings. The van der Waals surface area contributed by atoms with Crippen molar-refractivity contribution in [1.29, 1.82) is 0 Å². The quantitative estimate of drug-likeness (QED) is 0.915. The molecule has 0 aliphatic carbocycles. The highest BCUT2D eigenvalue weighted by Crippen LogP contribution is 2.19. The maximum Gasteiger partial charge on any atom is 0.408 e. The lowest BCUT2D eigenvalue weighted by atomic mass is 10.0. The SMILES string of the molecule is CC(=O)C[C@@H](NC(=O)OC(C)(C)C)c1cccc(C)c1. The van der Waals surface area contributed by atoms with Gasteiger partial charge in [0.15, 0.2) is 0 Å². The molecule has 110 valence electrons. The first-order valence-corrected chi connectivity index (χ1v) is 6.73. The van der Waals surface area contributed by atoms with Crippen molar-refractivity contribution in [2.75, 3.05) is 0 Å². The topological polar surface area (TPSA) is 55.4 Å². The lowest BCUT2D eigenvalue weighted by Crippen LogP contribution is -2.35. The summed E-state index contributed by atoms with van der Waals surface area (Å²) in [6.07, 6.45) is -0.256. The van der Waals surface area contributed by atoms with Crippen LogP contribution in [0.25, 0.3) is 0 Å². The van der Waals surface area contributed by atoms with Gasteiger partial charge < -0.3 is 10.1 Å². The first-order valence-electron chi connectivity index (χ1n) is 6.73. The predicted octanol–water partition coefficient (Wildman–Crippen LogP) is 3.54. The van der Waals surface area contributed by atoms with Gasteiger partial charge in [0.05, 0.1) is 6.04 Å². The molecule has 1 amide bonds. The van der Waals surface area contributed by atoms with Crippen molar-refractivity contribution >= 4 is 11.9 Å². The molecule has 1 N–H and O–H groups in total. The highest BCUT2D eigenvalue weighted by molar-refractivity contribution is 5.77. The normalized spacial score (nSPS) is 12.7. The van der Waals surface area contributed by atoms with Crippen molar-refractivity contribution in [3.8, 4) is 0 Å². The van der Waals surface area contributed by atoms with E-state index in [1.165, 1.54) is 6.92 Å². The summed E-state index contributed by atoms with van der Waals surface area (Å²) in [6, 6.07) is 7.39. The van der Waals surface area contributed by atoms with Gasteiger partial charge in [-0.1, -0.05) is 29.8 Å². The molecule has 0 saturated heterocycles. The van der Waals surface area contributed by atoms with Gasteiger partial charge in [0, 0.05) is 6.42 Å². The smallest absolute Gasteiger partial charge is 0.408 e. The minimum atomic E-state index is -0.558. The Bertz CT molecular complexity index is 489. The van der Waals surface area contributed by atoms with E-state index in [1.807, 2.05) is 31.2 Å². The number of nitrogens with one attached hydrogen (secondary N) is 1. The number of benzene rings is 1. The van der Waals surface area contributed by atoms with Crippen LogP contribution in [-0.4, -0.2) is 17.5 Å². The number of alkyl carbamates (subject to hydrolysis) is 1. The molecule has 0 heterocycles. The summed E-state index contributed by atoms with van der Waals surface area (Å²) >= 11 is 0. The molecule has 0 aliphatic heterocycles. The Balaban J connectivity index is 2.85. The monoisotopic (exact) mass is 277 g/mol. The van der Waals surface area contributed by atoms with Crippen molar-refractivity contribution in [2.24, 2.45) is 0 Å². The number of hydrogen-bond acceptors (Lipinski definition) is 3. The number of aryl methyl sites for hydroxylation is 1. The van der Waals surface area contributed by atoms with Crippen LogP contribution in [0, 0.1) is 6.92 Å². The molecule has 0 spiro atoms. The van der Waals surface area contributed by atoms with Gasteiger partial charge in [-0.3, -0.25) is 4.79 Å². The summed E-state index contributed by atoms with van der Waals surface area (Å²) in [4.78, 5) is 23.3. The average Bonchev–Trinajstić information content (AvgIpc) is 2.24. The van der Waals surface area contributed by atoms with Crippen LogP contribution in [0.5, 0.6) is 0 Å². The van der Waals surface area contributed by atoms with Crippen molar-refractivity contribution in [3.63, 3.8) is 0 Å². The standard InChI is InChI=1S/C16H23NO3/c1-11-7-6-8-13(9-11)14(10-12(2)18)17-15(19)20-16(3,4)5/h6-9,14H,10H2,1-5H3,(H,17,19)/t14-/m1/s1. The molecular weight excluding hydrogens is 254 g/mol. The second-order valence-electron chi connectivity index (χ2n) is 6.02. The molecule has 4 heteroatoms. The highest BCUT2D eigenvalue weighted by atomic mass is 16.6. The summed E-state index contributed by atoms with van der Waals surface area (Å²) in [5, 5.41) is 2.77. The summed E-state index contributed by atoms with van der Waals surface area (Å²) in [6.45, 7) is 8.90. The molecule has 0 aliphatic rings. The van der Waals surface area contributed by atoms with Crippen molar-refractivity contribution in [2.45, 2.75) is 52.7 Å². The Labute approximate surface area is 120 Å². The number of amides is 1. The summed E-state index contributed by atoms with van der Waals surface area (Å²) in [5.41, 5.74) is 1.44. The lowest BCUT2D eigenvalue weighted by molar-refractivity contribution is -0.117. The van der Waals surface area contributed by atoms with E-state index in [0.29, 0.717) is 0 Å². The zero-order chi connectivity index (χ0) is 15.3. The number of ketones is 1.